The molecule has 1 aliphatic heterocycles. The number of ketones is 1. The molecule has 41 heavy (non-hydrogen) atoms. The van der Waals surface area contributed by atoms with Crippen LogP contribution in [0.25, 0.3) is 10.9 Å². The molecule has 9 nitrogen and oxygen atoms in total. The number of fused-ring (bicyclic) bond motifs is 3. The van der Waals surface area contributed by atoms with Gasteiger partial charge in [0.05, 0.1) is 35.0 Å². The zero-order valence-corrected chi connectivity index (χ0v) is 25.3. The predicted octanol–water partition coefficient (Wildman–Crippen LogP) is 5.43. The molecule has 1 aromatic carbocycles. The number of ether oxygens (including phenoxy) is 3. The van der Waals surface area contributed by atoms with Gasteiger partial charge in [-0.2, -0.15) is 0 Å². The molecule has 10 heteroatoms. The lowest BCUT2D eigenvalue weighted by atomic mass is 9.84. The molecular formula is C31H37BrN2O7. The molecule has 0 bridgehead atoms. The average Bonchev–Trinajstić information content (AvgIpc) is 3.48. The summed E-state index contributed by atoms with van der Waals surface area (Å²) in [7, 11) is 3.36. The van der Waals surface area contributed by atoms with Crippen LogP contribution < -0.4 is 14.2 Å². The maximum absolute atomic E-state index is 13.8. The van der Waals surface area contributed by atoms with E-state index in [0.717, 1.165) is 24.6 Å². The van der Waals surface area contributed by atoms with Gasteiger partial charge in [-0.25, -0.2) is 4.98 Å². The first-order chi connectivity index (χ1) is 19.7. The number of halogens is 1. The lowest BCUT2D eigenvalue weighted by molar-refractivity contribution is -0.147. The second kappa shape index (κ2) is 12.0. The number of pyridine rings is 1. The summed E-state index contributed by atoms with van der Waals surface area (Å²) >= 11 is 3.58. The van der Waals surface area contributed by atoms with Crippen molar-refractivity contribution in [3.05, 3.63) is 34.8 Å². The Labute approximate surface area is 248 Å². The van der Waals surface area contributed by atoms with E-state index in [9.17, 15) is 19.5 Å². The maximum Gasteiger partial charge on any atom is 0.310 e. The minimum absolute atomic E-state index is 0.0678. The lowest BCUT2D eigenvalue weighted by Gasteiger charge is -2.25. The highest BCUT2D eigenvalue weighted by atomic mass is 79.9. The van der Waals surface area contributed by atoms with Gasteiger partial charge in [0, 0.05) is 37.4 Å². The van der Waals surface area contributed by atoms with Gasteiger partial charge in [-0.15, -0.1) is 0 Å². The highest BCUT2D eigenvalue weighted by molar-refractivity contribution is 9.10. The van der Waals surface area contributed by atoms with Crippen LogP contribution >= 0.6 is 15.9 Å². The summed E-state index contributed by atoms with van der Waals surface area (Å²) in [5, 5.41) is 10.8. The molecule has 2 heterocycles. The van der Waals surface area contributed by atoms with Gasteiger partial charge in [0.25, 0.3) is 0 Å². The average molecular weight is 630 g/mol. The second-order valence-corrected chi connectivity index (χ2v) is 12.2. The van der Waals surface area contributed by atoms with Crippen molar-refractivity contribution >= 4 is 44.5 Å². The molecular weight excluding hydrogens is 592 g/mol. The Balaban J connectivity index is 1.46. The number of nitrogens with zero attached hydrogens (tertiary/aromatic N) is 2. The molecule has 2 aliphatic carbocycles. The van der Waals surface area contributed by atoms with Crippen molar-refractivity contribution in [2.75, 3.05) is 27.3 Å². The summed E-state index contributed by atoms with van der Waals surface area (Å²) in [6, 6.07) is 5.42. The third-order valence-corrected chi connectivity index (χ3v) is 9.55. The fraction of sp³-hybridized carbons (Fsp3) is 0.548. The number of carbonyl (C=O) groups excluding carboxylic acids is 2. The van der Waals surface area contributed by atoms with Crippen molar-refractivity contribution in [1.82, 2.24) is 9.88 Å². The highest BCUT2D eigenvalue weighted by Crippen LogP contribution is 2.57. The Kier molecular flexibility index (Phi) is 8.59. The van der Waals surface area contributed by atoms with E-state index in [-0.39, 0.29) is 24.0 Å². The van der Waals surface area contributed by atoms with Gasteiger partial charge in [-0.05, 0) is 79.4 Å². The number of carboxylic acid groups (broad SMARTS) is 1. The molecule has 2 fully saturated rings. The van der Waals surface area contributed by atoms with Crippen molar-refractivity contribution in [1.29, 1.82) is 0 Å². The number of benzene rings is 1. The smallest absolute Gasteiger partial charge is 0.310 e. The monoisotopic (exact) mass is 628 g/mol. The van der Waals surface area contributed by atoms with Gasteiger partial charge < -0.3 is 24.2 Å². The van der Waals surface area contributed by atoms with E-state index in [4.69, 9.17) is 14.2 Å². The Morgan fingerprint density at radius 2 is 1.98 bits per heavy atom. The third-order valence-electron chi connectivity index (χ3n) is 8.79. The number of aromatic nitrogens is 1. The van der Waals surface area contributed by atoms with Crippen LogP contribution in [0.2, 0.25) is 0 Å². The maximum atomic E-state index is 13.8. The Morgan fingerprint density at radius 1 is 1.20 bits per heavy atom. The van der Waals surface area contributed by atoms with Gasteiger partial charge in [0.1, 0.15) is 23.4 Å². The van der Waals surface area contributed by atoms with Gasteiger partial charge in [-0.3, -0.25) is 14.4 Å². The van der Waals surface area contributed by atoms with E-state index in [1.54, 1.807) is 25.1 Å². The molecule has 2 saturated carbocycles. The Morgan fingerprint density at radius 3 is 2.71 bits per heavy atom. The van der Waals surface area contributed by atoms with Crippen LogP contribution in [0.5, 0.6) is 17.4 Å². The zero-order valence-electron chi connectivity index (χ0n) is 23.7. The standard InChI is InChI=1S/C31H37BrN2O7/c1-4-40-26-15-25(20-10-11-24(39-3)27(32)28(20)33-26)41-19-13-21-22(14-19)29(36)34(2)12-8-6-5-7-9-18-16-31(18,30(37)38)17-23(21)35/h7,9-11,15,18-19,21-22H,4-6,8,12-14,16-17H2,1-3H3,(H,37,38)/b9-7-/t18-,19-,21-,22-,31-/m1/s1. The van der Waals surface area contributed by atoms with Crippen molar-refractivity contribution in [2.24, 2.45) is 23.2 Å². The van der Waals surface area contributed by atoms with E-state index in [1.807, 2.05) is 31.2 Å². The quantitative estimate of drug-likeness (QED) is 0.421. The Hall–Kier alpha value is -3.14. The molecule has 1 N–H and O–H groups in total. The first-order valence-corrected chi connectivity index (χ1v) is 15.1. The van der Waals surface area contributed by atoms with Crippen molar-refractivity contribution in [3.63, 3.8) is 0 Å². The fourth-order valence-electron chi connectivity index (χ4n) is 6.38. The summed E-state index contributed by atoms with van der Waals surface area (Å²) in [6.07, 6.45) is 7.26. The molecule has 3 aliphatic rings. The van der Waals surface area contributed by atoms with Crippen molar-refractivity contribution in [2.45, 2.75) is 58.0 Å². The number of carboxylic acids is 1. The number of rotatable bonds is 6. The molecule has 0 saturated heterocycles. The van der Waals surface area contributed by atoms with Crippen LogP contribution in [0.1, 0.15) is 51.9 Å². The van der Waals surface area contributed by atoms with Gasteiger partial charge in [0.2, 0.25) is 11.8 Å². The normalized spacial score (nSPS) is 29.3. The summed E-state index contributed by atoms with van der Waals surface area (Å²) in [5.41, 5.74) is -0.458. The number of aliphatic carboxylic acids is 1. The van der Waals surface area contributed by atoms with Crippen LogP contribution in [-0.4, -0.2) is 66.1 Å². The highest BCUT2D eigenvalue weighted by Gasteiger charge is 2.61. The van der Waals surface area contributed by atoms with Crippen LogP contribution in [0.3, 0.4) is 0 Å². The summed E-state index contributed by atoms with van der Waals surface area (Å²) in [5.74, 6) is -0.950. The molecule has 2 aromatic rings. The van der Waals surface area contributed by atoms with E-state index in [1.165, 1.54) is 0 Å². The van der Waals surface area contributed by atoms with E-state index in [2.05, 4.69) is 20.9 Å². The summed E-state index contributed by atoms with van der Waals surface area (Å²) < 4.78 is 18.4. The van der Waals surface area contributed by atoms with Crippen LogP contribution in [0.15, 0.2) is 34.8 Å². The van der Waals surface area contributed by atoms with E-state index < -0.39 is 29.3 Å². The van der Waals surface area contributed by atoms with Crippen molar-refractivity contribution in [3.8, 4) is 17.4 Å². The molecule has 1 aromatic heterocycles. The third kappa shape index (κ3) is 5.80. The van der Waals surface area contributed by atoms with Gasteiger partial charge >= 0.3 is 5.97 Å². The van der Waals surface area contributed by atoms with Crippen LogP contribution in [0, 0.1) is 23.2 Å². The minimum Gasteiger partial charge on any atom is -0.495 e. The first kappa shape index (κ1) is 29.4. The van der Waals surface area contributed by atoms with Gasteiger partial charge in [0.15, 0.2) is 0 Å². The summed E-state index contributed by atoms with van der Waals surface area (Å²) in [6.45, 7) is 2.91. The number of hydrogen-bond donors (Lipinski definition) is 1. The minimum atomic E-state index is -1.07. The molecule has 5 rings (SSSR count). The lowest BCUT2D eigenvalue weighted by Crippen LogP contribution is -2.38. The zero-order chi connectivity index (χ0) is 29.3. The van der Waals surface area contributed by atoms with Crippen LogP contribution in [0.4, 0.5) is 0 Å². The topological polar surface area (TPSA) is 115 Å². The number of methoxy groups -OCH3 is 1. The molecule has 1 amide bonds. The molecule has 0 radical (unpaired) electrons. The van der Waals surface area contributed by atoms with Crippen LogP contribution in [-0.2, 0) is 14.4 Å². The number of amides is 1. The number of carbonyl (C=O) groups is 3. The largest absolute Gasteiger partial charge is 0.495 e. The van der Waals surface area contributed by atoms with E-state index in [0.29, 0.717) is 59.8 Å². The Bertz CT molecular complexity index is 1380. The molecule has 220 valence electrons. The first-order valence-electron chi connectivity index (χ1n) is 14.3. The SMILES string of the molecule is CCOc1cc(O[C@@H]2C[C@H]3C(=O)C[C@]4(C(=O)O)C[C@H]4/C=C\CCCCN(C)C(=O)[C@@H]3C2)c2ccc(OC)c(Br)c2n1. The van der Waals surface area contributed by atoms with Gasteiger partial charge in [-0.1, -0.05) is 12.2 Å². The fourth-order valence-corrected chi connectivity index (χ4v) is 6.97. The number of Topliss-reactive ketones (excluding diaryl/α,β-unsaturated/α-hetero) is 1. The second-order valence-electron chi connectivity index (χ2n) is 11.4. The van der Waals surface area contributed by atoms with E-state index >= 15 is 0 Å². The number of hydrogen-bond acceptors (Lipinski definition) is 7. The number of allylic oxidation sites excluding steroid dienone is 2. The van der Waals surface area contributed by atoms with Crippen molar-refractivity contribution < 1.29 is 33.7 Å². The predicted molar refractivity (Wildman–Crippen MR) is 156 cm³/mol. The summed E-state index contributed by atoms with van der Waals surface area (Å²) in [4.78, 5) is 46.0. The molecule has 5 atom stereocenters. The molecule has 0 unspecified atom stereocenters. The molecule has 0 spiro atoms.